The highest BCUT2D eigenvalue weighted by molar-refractivity contribution is 5.97. The van der Waals surface area contributed by atoms with E-state index in [0.29, 0.717) is 19.4 Å². The quantitative estimate of drug-likeness (QED) is 0.627. The number of carbonyl (C=O) groups excluding carboxylic acids is 3. The van der Waals surface area contributed by atoms with E-state index in [1.54, 1.807) is 6.92 Å². The molecule has 0 bridgehead atoms. The molecule has 0 aromatic carbocycles. The third-order valence-electron chi connectivity index (χ3n) is 3.84. The first-order valence-electron chi connectivity index (χ1n) is 8.31. The Bertz CT molecular complexity index is 456. The predicted octanol–water partition coefficient (Wildman–Crippen LogP) is 1.43. The lowest BCUT2D eigenvalue weighted by molar-refractivity contribution is -0.133. The van der Waals surface area contributed by atoms with Gasteiger partial charge >= 0.3 is 0 Å². The van der Waals surface area contributed by atoms with Crippen molar-refractivity contribution in [3.05, 3.63) is 0 Å². The molecule has 0 unspecified atom stereocenters. The van der Waals surface area contributed by atoms with Gasteiger partial charge in [0.1, 0.15) is 11.6 Å². The van der Waals surface area contributed by atoms with Crippen LogP contribution in [0.25, 0.3) is 0 Å². The van der Waals surface area contributed by atoms with Crippen LogP contribution in [0.3, 0.4) is 0 Å². The predicted molar refractivity (Wildman–Crippen MR) is 87.8 cm³/mol. The van der Waals surface area contributed by atoms with Gasteiger partial charge in [-0.15, -0.1) is 0 Å². The lowest BCUT2D eigenvalue weighted by Gasteiger charge is -2.25. The molecule has 3 atom stereocenters. The Hall–Kier alpha value is -1.43. The molecule has 0 aromatic heterocycles. The molecule has 0 radical (unpaired) electrons. The molecule has 1 aliphatic rings. The highest BCUT2D eigenvalue weighted by Crippen LogP contribution is 2.29. The van der Waals surface area contributed by atoms with Crippen molar-refractivity contribution in [2.45, 2.75) is 72.1 Å². The Balaban J connectivity index is 2.80. The zero-order chi connectivity index (χ0) is 17.8. The molecule has 1 fully saturated rings. The number of carbonyl (C=O) groups is 3. The van der Waals surface area contributed by atoms with Gasteiger partial charge in [0.2, 0.25) is 11.8 Å². The van der Waals surface area contributed by atoms with Gasteiger partial charge in [-0.05, 0) is 31.6 Å². The first-order chi connectivity index (χ1) is 10.5. The topological polar surface area (TPSA) is 87.8 Å². The number of Topliss-reactive ketones (excluding diaryl/α,β-unsaturated/α-hetero) is 1. The average Bonchev–Trinajstić information content (AvgIpc) is 3.14. The zero-order valence-electron chi connectivity index (χ0n) is 15.1. The van der Waals surface area contributed by atoms with E-state index in [9.17, 15) is 14.4 Å². The van der Waals surface area contributed by atoms with E-state index in [1.807, 2.05) is 27.7 Å². The molecule has 1 aliphatic heterocycles. The number of ether oxygens (including phenoxy) is 1. The van der Waals surface area contributed by atoms with Crippen LogP contribution >= 0.6 is 0 Å². The van der Waals surface area contributed by atoms with Crippen LogP contribution in [0.2, 0.25) is 0 Å². The van der Waals surface area contributed by atoms with Gasteiger partial charge in [-0.3, -0.25) is 14.4 Å². The van der Waals surface area contributed by atoms with Gasteiger partial charge in [0.25, 0.3) is 0 Å². The summed E-state index contributed by atoms with van der Waals surface area (Å²) < 4.78 is 5.22. The smallest absolute Gasteiger partial charge is 0.243 e. The van der Waals surface area contributed by atoms with Gasteiger partial charge in [-0.2, -0.15) is 0 Å². The molecule has 6 nitrogen and oxygen atoms in total. The van der Waals surface area contributed by atoms with Crippen LogP contribution in [0, 0.1) is 11.8 Å². The number of epoxide rings is 1. The molecule has 1 rings (SSSR count). The maximum atomic E-state index is 12.5. The molecule has 1 heterocycles. The minimum absolute atomic E-state index is 0.0920. The lowest BCUT2D eigenvalue weighted by atomic mass is 9.93. The number of hydrogen-bond acceptors (Lipinski definition) is 4. The summed E-state index contributed by atoms with van der Waals surface area (Å²) in [5.74, 6) is -0.144. The second kappa shape index (κ2) is 7.90. The number of nitrogens with one attached hydrogen (secondary N) is 2. The van der Waals surface area contributed by atoms with E-state index in [4.69, 9.17) is 4.74 Å². The number of ketones is 1. The van der Waals surface area contributed by atoms with E-state index < -0.39 is 17.7 Å². The van der Waals surface area contributed by atoms with E-state index in [1.165, 1.54) is 6.92 Å². The van der Waals surface area contributed by atoms with Crippen LogP contribution in [0.5, 0.6) is 0 Å². The number of hydrogen-bond donors (Lipinski definition) is 2. The molecule has 0 saturated carbocycles. The summed E-state index contributed by atoms with van der Waals surface area (Å²) in [6.07, 6.45) is 1.08. The van der Waals surface area contributed by atoms with Gasteiger partial charge in [0.05, 0.1) is 12.6 Å². The molecule has 0 spiro atoms. The van der Waals surface area contributed by atoms with Crippen LogP contribution < -0.4 is 10.6 Å². The minimum Gasteiger partial charge on any atom is -0.361 e. The monoisotopic (exact) mass is 326 g/mol. The zero-order valence-corrected chi connectivity index (χ0v) is 15.1. The molecule has 132 valence electrons. The Morgan fingerprint density at radius 1 is 1.00 bits per heavy atom. The van der Waals surface area contributed by atoms with Crippen molar-refractivity contribution in [1.82, 2.24) is 10.6 Å². The van der Waals surface area contributed by atoms with Crippen molar-refractivity contribution in [2.24, 2.45) is 11.8 Å². The van der Waals surface area contributed by atoms with Crippen molar-refractivity contribution in [3.8, 4) is 0 Å². The fourth-order valence-electron chi connectivity index (χ4n) is 2.54. The normalized spacial score (nSPS) is 22.6. The summed E-state index contributed by atoms with van der Waals surface area (Å²) in [6, 6.07) is -1.21. The van der Waals surface area contributed by atoms with Crippen molar-refractivity contribution >= 4 is 17.6 Å². The first-order valence-corrected chi connectivity index (χ1v) is 8.31. The van der Waals surface area contributed by atoms with E-state index >= 15 is 0 Å². The third kappa shape index (κ3) is 6.29. The highest BCUT2D eigenvalue weighted by Gasteiger charge is 2.50. The van der Waals surface area contributed by atoms with Crippen LogP contribution in [0.1, 0.15) is 54.4 Å². The van der Waals surface area contributed by atoms with Gasteiger partial charge in [0, 0.05) is 6.92 Å². The van der Waals surface area contributed by atoms with Crippen molar-refractivity contribution in [1.29, 1.82) is 0 Å². The summed E-state index contributed by atoms with van der Waals surface area (Å²) in [5, 5.41) is 5.49. The van der Waals surface area contributed by atoms with Crippen LogP contribution in [-0.2, 0) is 19.1 Å². The van der Waals surface area contributed by atoms with Crippen molar-refractivity contribution in [3.63, 3.8) is 0 Å². The van der Waals surface area contributed by atoms with E-state index in [0.717, 1.165) is 0 Å². The first kappa shape index (κ1) is 19.6. The minimum atomic E-state index is -0.769. The molecule has 0 aromatic rings. The number of amides is 2. The molecule has 1 saturated heterocycles. The van der Waals surface area contributed by atoms with Gasteiger partial charge in [0.15, 0.2) is 5.78 Å². The van der Waals surface area contributed by atoms with E-state index in [-0.39, 0.29) is 29.4 Å². The Morgan fingerprint density at radius 2 is 1.48 bits per heavy atom. The third-order valence-corrected chi connectivity index (χ3v) is 3.84. The summed E-state index contributed by atoms with van der Waals surface area (Å²) in [7, 11) is 0. The average molecular weight is 326 g/mol. The molecular formula is C17H30N2O4. The molecule has 2 amide bonds. The molecule has 0 aliphatic carbocycles. The second-order valence-corrected chi connectivity index (χ2v) is 7.46. The van der Waals surface area contributed by atoms with Gasteiger partial charge in [-0.25, -0.2) is 0 Å². The maximum absolute atomic E-state index is 12.5. The fourth-order valence-corrected chi connectivity index (χ4v) is 2.54. The summed E-state index contributed by atoms with van der Waals surface area (Å²) in [5.41, 5.74) is -0.769. The van der Waals surface area contributed by atoms with Crippen LogP contribution in [-0.4, -0.2) is 41.9 Å². The lowest BCUT2D eigenvalue weighted by Crippen LogP contribution is -2.53. The van der Waals surface area contributed by atoms with Crippen molar-refractivity contribution < 1.29 is 19.1 Å². The van der Waals surface area contributed by atoms with Crippen LogP contribution in [0.15, 0.2) is 0 Å². The molecule has 23 heavy (non-hydrogen) atoms. The van der Waals surface area contributed by atoms with Crippen molar-refractivity contribution in [2.75, 3.05) is 6.61 Å². The van der Waals surface area contributed by atoms with E-state index in [2.05, 4.69) is 10.6 Å². The number of rotatable bonds is 9. The molecular weight excluding hydrogens is 296 g/mol. The van der Waals surface area contributed by atoms with Gasteiger partial charge in [-0.1, -0.05) is 27.7 Å². The SMILES string of the molecule is CC(=O)N[C@@H](CC(C)C)C(=O)N[C@@H](CC(C)C)C(=O)[C@]1(C)CO1. The highest BCUT2D eigenvalue weighted by atomic mass is 16.6. The van der Waals surface area contributed by atoms with Gasteiger partial charge < -0.3 is 15.4 Å². The summed E-state index contributed by atoms with van der Waals surface area (Å²) >= 11 is 0. The maximum Gasteiger partial charge on any atom is 0.243 e. The second-order valence-electron chi connectivity index (χ2n) is 7.46. The Kier molecular flexibility index (Phi) is 6.74. The standard InChI is InChI=1S/C17H30N2O4/c1-10(2)7-13(15(21)17(6)9-23-17)19-16(22)14(8-11(3)4)18-12(5)20/h10-11,13-14H,7-9H2,1-6H3,(H,18,20)(H,19,22)/t13-,14-,17-/m0/s1. The largest absolute Gasteiger partial charge is 0.361 e. The molecule has 2 N–H and O–H groups in total. The van der Waals surface area contributed by atoms with Crippen LogP contribution in [0.4, 0.5) is 0 Å². The Labute approximate surface area is 138 Å². The fraction of sp³-hybridized carbons (Fsp3) is 0.824. The summed E-state index contributed by atoms with van der Waals surface area (Å²) in [4.78, 5) is 36.4. The Morgan fingerprint density at radius 3 is 1.87 bits per heavy atom. The summed E-state index contributed by atoms with van der Waals surface area (Å²) in [6.45, 7) is 11.5. The molecule has 6 heteroatoms.